The molecule has 4 atom stereocenters. The molecule has 0 unspecified atom stereocenters. The van der Waals surface area contributed by atoms with Gasteiger partial charge in [-0.15, -0.1) is 0 Å². The summed E-state index contributed by atoms with van der Waals surface area (Å²) in [5.41, 5.74) is 2.03. The summed E-state index contributed by atoms with van der Waals surface area (Å²) in [4.78, 5) is 29.9. The van der Waals surface area contributed by atoms with Gasteiger partial charge in [-0.25, -0.2) is 0 Å². The third-order valence-corrected chi connectivity index (χ3v) is 7.20. The second-order valence-corrected chi connectivity index (χ2v) is 9.02. The lowest BCUT2D eigenvalue weighted by Crippen LogP contribution is -2.70. The Morgan fingerprint density at radius 3 is 2.79 bits per heavy atom. The second kappa shape index (κ2) is 6.58. The Morgan fingerprint density at radius 1 is 1.21 bits per heavy atom. The Bertz CT molecular complexity index is 962. The van der Waals surface area contributed by atoms with Crippen molar-refractivity contribution < 1.29 is 9.59 Å². The molecule has 3 aliphatic carbocycles. The van der Waals surface area contributed by atoms with Crippen LogP contribution < -0.4 is 16.0 Å². The van der Waals surface area contributed by atoms with E-state index in [1.807, 2.05) is 36.4 Å². The monoisotopic (exact) mass is 390 g/mol. The highest BCUT2D eigenvalue weighted by Crippen LogP contribution is 2.58. The van der Waals surface area contributed by atoms with E-state index in [-0.39, 0.29) is 29.1 Å². The molecule has 0 radical (unpaired) electrons. The van der Waals surface area contributed by atoms with Gasteiger partial charge in [0.05, 0.1) is 5.56 Å². The minimum absolute atomic E-state index is 0.0193. The highest BCUT2D eigenvalue weighted by atomic mass is 16.2. The van der Waals surface area contributed by atoms with Gasteiger partial charge in [0.2, 0.25) is 5.91 Å². The third kappa shape index (κ3) is 2.98. The Balaban J connectivity index is 1.35. The van der Waals surface area contributed by atoms with E-state index >= 15 is 0 Å². The number of pyridine rings is 1. The van der Waals surface area contributed by atoms with Gasteiger partial charge in [0.15, 0.2) is 0 Å². The maximum atomic E-state index is 13.1. The second-order valence-electron chi connectivity index (χ2n) is 9.02. The standard InChI is InChI=1S/C23H26N4O2/c1-22-9-6-16(12-18(22)21(29)25-13-15-7-10-24-11-8-15)23(14-22)26-19-5-3-2-4-17(19)20(28)27-23/h2-5,7-8,10-11,16,18,26H,6,9,12-14H2,1H3,(H,25,29)(H,27,28)/t16-,18-,22-,23-/m0/s1. The van der Waals surface area contributed by atoms with E-state index in [0.29, 0.717) is 12.1 Å². The first-order valence-electron chi connectivity index (χ1n) is 10.4. The van der Waals surface area contributed by atoms with Crippen LogP contribution >= 0.6 is 0 Å². The van der Waals surface area contributed by atoms with Crippen molar-refractivity contribution >= 4 is 17.5 Å². The molecule has 1 aromatic heterocycles. The van der Waals surface area contributed by atoms with Crippen LogP contribution in [-0.2, 0) is 11.3 Å². The van der Waals surface area contributed by atoms with Crippen molar-refractivity contribution in [3.63, 3.8) is 0 Å². The Hall–Kier alpha value is -2.89. The van der Waals surface area contributed by atoms with E-state index in [0.717, 1.165) is 36.9 Å². The van der Waals surface area contributed by atoms with Gasteiger partial charge in [0, 0.05) is 36.5 Å². The number of benzene rings is 1. The minimum atomic E-state index is -0.458. The number of fused-ring (bicyclic) bond motifs is 3. The van der Waals surface area contributed by atoms with Crippen LogP contribution in [0.5, 0.6) is 0 Å². The zero-order chi connectivity index (χ0) is 20.1. The maximum Gasteiger partial charge on any atom is 0.255 e. The molecule has 3 N–H and O–H groups in total. The van der Waals surface area contributed by atoms with Crippen LogP contribution in [0.4, 0.5) is 5.69 Å². The SMILES string of the molecule is C[C@@]12CC[C@@H](C[C@H]1C(=O)NCc1ccncc1)[C@]1(C2)NC(=O)c2ccccc2N1. The highest BCUT2D eigenvalue weighted by Gasteiger charge is 2.60. The first kappa shape index (κ1) is 18.2. The van der Waals surface area contributed by atoms with Gasteiger partial charge < -0.3 is 16.0 Å². The number of nitrogens with one attached hydrogen (secondary N) is 3. The minimum Gasteiger partial charge on any atom is -0.362 e. The van der Waals surface area contributed by atoms with Gasteiger partial charge >= 0.3 is 0 Å². The number of hydrogen-bond donors (Lipinski definition) is 3. The summed E-state index contributed by atoms with van der Waals surface area (Å²) in [6.07, 6.45) is 7.05. The molecule has 4 aliphatic rings. The molecule has 6 nitrogen and oxygen atoms in total. The van der Waals surface area contributed by atoms with E-state index in [9.17, 15) is 9.59 Å². The summed E-state index contributed by atoms with van der Waals surface area (Å²) in [5, 5.41) is 10.0. The van der Waals surface area contributed by atoms with Crippen molar-refractivity contribution in [1.29, 1.82) is 0 Å². The van der Waals surface area contributed by atoms with Crippen molar-refractivity contribution in [2.75, 3.05) is 5.32 Å². The lowest BCUT2D eigenvalue weighted by molar-refractivity contribution is -0.139. The molecule has 2 bridgehead atoms. The number of carbonyl (C=O) groups is 2. The highest BCUT2D eigenvalue weighted by molar-refractivity contribution is 6.02. The van der Waals surface area contributed by atoms with E-state index in [1.165, 1.54) is 0 Å². The molecule has 6 rings (SSSR count). The van der Waals surface area contributed by atoms with Gasteiger partial charge in [-0.1, -0.05) is 19.1 Å². The summed E-state index contributed by atoms with van der Waals surface area (Å²) in [5.74, 6) is 0.295. The smallest absolute Gasteiger partial charge is 0.255 e. The van der Waals surface area contributed by atoms with Crippen LogP contribution in [0.3, 0.4) is 0 Å². The van der Waals surface area contributed by atoms with Crippen LogP contribution in [0.2, 0.25) is 0 Å². The van der Waals surface area contributed by atoms with Crippen LogP contribution in [0, 0.1) is 17.3 Å². The Morgan fingerprint density at radius 2 is 2.00 bits per heavy atom. The average molecular weight is 390 g/mol. The average Bonchev–Trinajstić information content (AvgIpc) is 2.72. The quantitative estimate of drug-likeness (QED) is 0.752. The molecular formula is C23H26N4O2. The zero-order valence-corrected chi connectivity index (χ0v) is 16.6. The summed E-state index contributed by atoms with van der Waals surface area (Å²) in [7, 11) is 0. The molecule has 150 valence electrons. The molecule has 29 heavy (non-hydrogen) atoms. The van der Waals surface area contributed by atoms with E-state index in [2.05, 4.69) is 27.9 Å². The summed E-state index contributed by atoms with van der Waals surface area (Å²) in [6.45, 7) is 2.72. The van der Waals surface area contributed by atoms with Crippen molar-refractivity contribution in [3.05, 3.63) is 59.9 Å². The maximum absolute atomic E-state index is 13.1. The zero-order valence-electron chi connectivity index (χ0n) is 16.6. The molecule has 0 saturated heterocycles. The van der Waals surface area contributed by atoms with Crippen LogP contribution in [0.1, 0.15) is 48.5 Å². The first-order chi connectivity index (χ1) is 14.0. The summed E-state index contributed by atoms with van der Waals surface area (Å²) < 4.78 is 0. The fraction of sp³-hybridized carbons (Fsp3) is 0.435. The molecule has 3 saturated carbocycles. The number of hydrogen-bond acceptors (Lipinski definition) is 4. The van der Waals surface area contributed by atoms with Gasteiger partial charge in [-0.05, 0) is 60.9 Å². The molecule has 1 spiro atoms. The number of para-hydroxylation sites is 1. The number of nitrogens with zero attached hydrogens (tertiary/aromatic N) is 1. The summed E-state index contributed by atoms with van der Waals surface area (Å²) in [6, 6.07) is 11.5. The van der Waals surface area contributed by atoms with Crippen LogP contribution in [-0.4, -0.2) is 22.5 Å². The first-order valence-corrected chi connectivity index (χ1v) is 10.4. The lowest BCUT2D eigenvalue weighted by atomic mass is 9.51. The van der Waals surface area contributed by atoms with Crippen molar-refractivity contribution in [3.8, 4) is 0 Å². The fourth-order valence-corrected chi connectivity index (χ4v) is 5.67. The van der Waals surface area contributed by atoms with Gasteiger partial charge in [0.25, 0.3) is 5.91 Å². The molecule has 3 fully saturated rings. The molecule has 1 aromatic carbocycles. The van der Waals surface area contributed by atoms with Crippen molar-refractivity contribution in [2.45, 2.75) is 44.8 Å². The Labute approximate surface area is 170 Å². The van der Waals surface area contributed by atoms with Gasteiger partial charge in [0.1, 0.15) is 5.66 Å². The van der Waals surface area contributed by atoms with E-state index < -0.39 is 5.66 Å². The largest absolute Gasteiger partial charge is 0.362 e. The predicted octanol–water partition coefficient (Wildman–Crippen LogP) is 3.08. The van der Waals surface area contributed by atoms with Crippen molar-refractivity contribution in [1.82, 2.24) is 15.6 Å². The molecule has 2 aromatic rings. The van der Waals surface area contributed by atoms with Gasteiger partial charge in [-0.2, -0.15) is 0 Å². The normalized spacial score (nSPS) is 32.2. The molecule has 1 aliphatic heterocycles. The summed E-state index contributed by atoms with van der Waals surface area (Å²) >= 11 is 0. The van der Waals surface area contributed by atoms with Gasteiger partial charge in [-0.3, -0.25) is 14.6 Å². The number of carbonyl (C=O) groups excluding carboxylic acids is 2. The molecule has 2 heterocycles. The third-order valence-electron chi connectivity index (χ3n) is 7.20. The molecular weight excluding hydrogens is 364 g/mol. The number of anilines is 1. The van der Waals surface area contributed by atoms with E-state index in [4.69, 9.17) is 0 Å². The molecule has 2 amide bonds. The Kier molecular flexibility index (Phi) is 4.12. The number of rotatable bonds is 3. The van der Waals surface area contributed by atoms with Crippen LogP contribution in [0.15, 0.2) is 48.8 Å². The fourth-order valence-electron chi connectivity index (χ4n) is 5.67. The van der Waals surface area contributed by atoms with Crippen LogP contribution in [0.25, 0.3) is 0 Å². The topological polar surface area (TPSA) is 83.1 Å². The lowest BCUT2D eigenvalue weighted by Gasteiger charge is -2.60. The van der Waals surface area contributed by atoms with Crippen molar-refractivity contribution in [2.24, 2.45) is 17.3 Å². The van der Waals surface area contributed by atoms with E-state index in [1.54, 1.807) is 12.4 Å². The number of aromatic nitrogens is 1. The predicted molar refractivity (Wildman–Crippen MR) is 110 cm³/mol. The number of amides is 2. The molecule has 6 heteroatoms.